The molecule has 1 rings (SSSR count). The van der Waals surface area contributed by atoms with Crippen LogP contribution < -0.4 is 10.5 Å². The van der Waals surface area contributed by atoms with Crippen molar-refractivity contribution in [1.29, 1.82) is 0 Å². The summed E-state index contributed by atoms with van der Waals surface area (Å²) >= 11 is 0. The van der Waals surface area contributed by atoms with E-state index in [9.17, 15) is 13.2 Å². The zero-order valence-electron chi connectivity index (χ0n) is 11.2. The summed E-state index contributed by atoms with van der Waals surface area (Å²) in [6.07, 6.45) is 0. The van der Waals surface area contributed by atoms with Gasteiger partial charge in [0.1, 0.15) is 12.1 Å². The summed E-state index contributed by atoms with van der Waals surface area (Å²) in [5, 5.41) is 8.68. The van der Waals surface area contributed by atoms with Crippen LogP contribution in [0.2, 0.25) is 0 Å². The largest absolute Gasteiger partial charge is 0.384 e. The fourth-order valence-electron chi connectivity index (χ4n) is 1.38. The van der Waals surface area contributed by atoms with Crippen LogP contribution in [0.15, 0.2) is 29.2 Å². The maximum Gasteiger partial charge on any atom is 0.242 e. The second-order valence-corrected chi connectivity index (χ2v) is 6.20. The average molecular weight is 296 g/mol. The van der Waals surface area contributed by atoms with Crippen LogP contribution in [0.4, 0.5) is 0 Å². The predicted octanol–water partition coefficient (Wildman–Crippen LogP) is -0.427. The van der Waals surface area contributed by atoms with Gasteiger partial charge in [-0.15, -0.1) is 0 Å². The van der Waals surface area contributed by atoms with Crippen LogP contribution in [0.25, 0.3) is 0 Å². The number of primary amides is 1. The van der Waals surface area contributed by atoms with Crippen molar-refractivity contribution in [2.24, 2.45) is 5.73 Å². The van der Waals surface area contributed by atoms with E-state index in [2.05, 4.69) is 16.6 Å². The monoisotopic (exact) mass is 296 g/mol. The van der Waals surface area contributed by atoms with Gasteiger partial charge in [-0.3, -0.25) is 4.79 Å². The van der Waals surface area contributed by atoms with Crippen LogP contribution in [0.1, 0.15) is 19.4 Å². The first-order valence-electron chi connectivity index (χ1n) is 5.73. The molecule has 0 bridgehead atoms. The fourth-order valence-corrected chi connectivity index (χ4v) is 2.93. The molecule has 0 atom stereocenters. The molecule has 0 aliphatic rings. The minimum atomic E-state index is -3.96. The lowest BCUT2D eigenvalue weighted by Crippen LogP contribution is -2.52. The number of rotatable bonds is 4. The molecule has 1 aromatic rings. The van der Waals surface area contributed by atoms with E-state index in [4.69, 9.17) is 10.8 Å². The van der Waals surface area contributed by atoms with Gasteiger partial charge in [0.25, 0.3) is 0 Å². The first-order chi connectivity index (χ1) is 9.20. The van der Waals surface area contributed by atoms with Gasteiger partial charge in [0.2, 0.25) is 15.9 Å². The minimum absolute atomic E-state index is 0.0738. The Morgan fingerprint density at radius 2 is 2.00 bits per heavy atom. The number of nitrogens with one attached hydrogen (secondary N) is 1. The number of nitrogens with two attached hydrogens (primary N) is 1. The van der Waals surface area contributed by atoms with Gasteiger partial charge in [0, 0.05) is 5.56 Å². The van der Waals surface area contributed by atoms with Crippen molar-refractivity contribution >= 4 is 15.9 Å². The Kier molecular flexibility index (Phi) is 4.89. The van der Waals surface area contributed by atoms with E-state index in [1.165, 1.54) is 32.0 Å². The molecule has 0 aromatic heterocycles. The Hall–Kier alpha value is -1.88. The third kappa shape index (κ3) is 3.81. The van der Waals surface area contributed by atoms with Crippen LogP contribution in [0.5, 0.6) is 0 Å². The molecule has 0 saturated heterocycles. The van der Waals surface area contributed by atoms with Gasteiger partial charge in [-0.2, -0.15) is 4.72 Å². The molecule has 1 aromatic carbocycles. The van der Waals surface area contributed by atoms with Crippen LogP contribution in [0, 0.1) is 11.8 Å². The maximum absolute atomic E-state index is 12.3. The topological polar surface area (TPSA) is 109 Å². The summed E-state index contributed by atoms with van der Waals surface area (Å²) in [6, 6.07) is 6.03. The molecule has 4 N–H and O–H groups in total. The molecular weight excluding hydrogens is 280 g/mol. The third-order valence-electron chi connectivity index (χ3n) is 2.48. The zero-order chi connectivity index (χ0) is 15.4. The summed E-state index contributed by atoms with van der Waals surface area (Å²) in [5.41, 5.74) is 3.96. The highest BCUT2D eigenvalue weighted by atomic mass is 32.2. The van der Waals surface area contributed by atoms with E-state index < -0.39 is 21.5 Å². The zero-order valence-corrected chi connectivity index (χ0v) is 12.0. The lowest BCUT2D eigenvalue weighted by Gasteiger charge is -2.22. The standard InChI is InChI=1S/C13H16N2O4S/c1-13(2,12(14)17)15-20(18,19)11-8-4-3-6-10(11)7-5-9-16/h3-4,6,8,15-16H,9H2,1-2H3,(H2,14,17). The molecule has 6 nitrogen and oxygen atoms in total. The van der Waals surface area contributed by atoms with Gasteiger partial charge in [0.15, 0.2) is 0 Å². The Labute approximate surface area is 118 Å². The van der Waals surface area contributed by atoms with Gasteiger partial charge >= 0.3 is 0 Å². The smallest absolute Gasteiger partial charge is 0.242 e. The molecule has 20 heavy (non-hydrogen) atoms. The number of aliphatic hydroxyl groups excluding tert-OH is 1. The fraction of sp³-hybridized carbons (Fsp3) is 0.308. The minimum Gasteiger partial charge on any atom is -0.384 e. The number of hydrogen-bond acceptors (Lipinski definition) is 4. The Bertz CT molecular complexity index is 669. The summed E-state index contributed by atoms with van der Waals surface area (Å²) in [5.74, 6) is 4.14. The SMILES string of the molecule is CC(C)(NS(=O)(=O)c1ccccc1C#CCO)C(N)=O. The lowest BCUT2D eigenvalue weighted by molar-refractivity contribution is -0.122. The number of benzene rings is 1. The lowest BCUT2D eigenvalue weighted by atomic mass is 10.1. The molecule has 0 aliphatic carbocycles. The van der Waals surface area contributed by atoms with Crippen molar-refractivity contribution in [1.82, 2.24) is 4.72 Å². The molecule has 0 saturated carbocycles. The molecule has 0 spiro atoms. The van der Waals surface area contributed by atoms with Crippen molar-refractivity contribution in [3.05, 3.63) is 29.8 Å². The highest BCUT2D eigenvalue weighted by Crippen LogP contribution is 2.17. The normalized spacial score (nSPS) is 11.6. The van der Waals surface area contributed by atoms with E-state index in [-0.39, 0.29) is 17.1 Å². The summed E-state index contributed by atoms with van der Waals surface area (Å²) < 4.78 is 26.8. The van der Waals surface area contributed by atoms with E-state index in [1.54, 1.807) is 6.07 Å². The molecule has 0 aliphatic heterocycles. The molecule has 0 fully saturated rings. The number of amides is 1. The first kappa shape index (κ1) is 16.2. The number of carbonyl (C=O) groups is 1. The Morgan fingerprint density at radius 1 is 1.40 bits per heavy atom. The summed E-state index contributed by atoms with van der Waals surface area (Å²) in [4.78, 5) is 11.1. The Balaban J connectivity index is 3.27. The van der Waals surface area contributed by atoms with Crippen LogP contribution >= 0.6 is 0 Å². The average Bonchev–Trinajstić information content (AvgIpc) is 2.35. The van der Waals surface area contributed by atoms with Crippen molar-refractivity contribution in [2.45, 2.75) is 24.3 Å². The van der Waals surface area contributed by atoms with Crippen molar-refractivity contribution in [3.8, 4) is 11.8 Å². The highest BCUT2D eigenvalue weighted by Gasteiger charge is 2.32. The third-order valence-corrected chi connectivity index (χ3v) is 4.20. The van der Waals surface area contributed by atoms with Crippen LogP contribution in [-0.2, 0) is 14.8 Å². The van der Waals surface area contributed by atoms with E-state index in [0.717, 1.165) is 0 Å². The van der Waals surface area contributed by atoms with Gasteiger partial charge in [-0.05, 0) is 26.0 Å². The highest BCUT2D eigenvalue weighted by molar-refractivity contribution is 7.89. The van der Waals surface area contributed by atoms with Gasteiger partial charge in [-0.1, -0.05) is 24.0 Å². The summed E-state index contributed by atoms with van der Waals surface area (Å²) in [6.45, 7) is 2.36. The van der Waals surface area contributed by atoms with Crippen LogP contribution in [0.3, 0.4) is 0 Å². The maximum atomic E-state index is 12.3. The Morgan fingerprint density at radius 3 is 2.55 bits per heavy atom. The first-order valence-corrected chi connectivity index (χ1v) is 7.21. The van der Waals surface area contributed by atoms with Gasteiger partial charge in [0.05, 0.1) is 4.90 Å². The van der Waals surface area contributed by atoms with E-state index in [1.807, 2.05) is 0 Å². The molecule has 0 unspecified atom stereocenters. The van der Waals surface area contributed by atoms with Crippen molar-refractivity contribution in [2.75, 3.05) is 6.61 Å². The molecule has 0 heterocycles. The molecule has 1 amide bonds. The van der Waals surface area contributed by atoms with Crippen molar-refractivity contribution < 1.29 is 18.3 Å². The number of sulfonamides is 1. The summed E-state index contributed by atoms with van der Waals surface area (Å²) in [7, 11) is -3.96. The second-order valence-electron chi connectivity index (χ2n) is 4.55. The quantitative estimate of drug-likeness (QED) is 0.655. The molecular formula is C13H16N2O4S. The predicted molar refractivity (Wildman–Crippen MR) is 74.0 cm³/mol. The van der Waals surface area contributed by atoms with Gasteiger partial charge in [-0.25, -0.2) is 8.42 Å². The number of aliphatic hydroxyl groups is 1. The van der Waals surface area contributed by atoms with E-state index >= 15 is 0 Å². The van der Waals surface area contributed by atoms with Crippen LogP contribution in [-0.4, -0.2) is 31.6 Å². The molecule has 7 heteroatoms. The molecule has 0 radical (unpaired) electrons. The van der Waals surface area contributed by atoms with Crippen molar-refractivity contribution in [3.63, 3.8) is 0 Å². The number of hydrogen-bond donors (Lipinski definition) is 3. The van der Waals surface area contributed by atoms with E-state index in [0.29, 0.717) is 0 Å². The molecule has 108 valence electrons. The number of carbonyl (C=O) groups excluding carboxylic acids is 1. The van der Waals surface area contributed by atoms with Gasteiger partial charge < -0.3 is 10.8 Å². The second kappa shape index (κ2) is 6.05.